The molecule has 0 aliphatic carbocycles. The van der Waals surface area contributed by atoms with E-state index in [4.69, 9.17) is 15.7 Å². The molecule has 2 amide bonds. The van der Waals surface area contributed by atoms with Crippen LogP contribution < -0.4 is 10.7 Å². The van der Waals surface area contributed by atoms with Crippen LogP contribution in [0.15, 0.2) is 29.2 Å². The molecule has 2 N–H and O–H groups in total. The average Bonchev–Trinajstić information content (AvgIpc) is 2.78. The maximum atomic E-state index is 13.9. The van der Waals surface area contributed by atoms with Gasteiger partial charge in [0.15, 0.2) is 17.7 Å². The third-order valence-electron chi connectivity index (χ3n) is 4.62. The lowest BCUT2D eigenvalue weighted by Crippen LogP contribution is -2.57. The highest BCUT2D eigenvalue weighted by Crippen LogP contribution is 2.29. The maximum absolute atomic E-state index is 13.9. The summed E-state index contributed by atoms with van der Waals surface area (Å²) in [6.07, 6.45) is -4.70. The van der Waals surface area contributed by atoms with Crippen LogP contribution in [0.5, 0.6) is 5.75 Å². The molecule has 1 aromatic heterocycles. The maximum Gasteiger partial charge on any atom is 0.276 e. The van der Waals surface area contributed by atoms with Gasteiger partial charge in [-0.3, -0.25) is 14.4 Å². The number of aromatic nitrogens is 1. The van der Waals surface area contributed by atoms with Crippen LogP contribution in [0, 0.1) is 11.6 Å². The van der Waals surface area contributed by atoms with Crippen molar-refractivity contribution in [3.05, 3.63) is 63.1 Å². The lowest BCUT2D eigenvalue weighted by atomic mass is 10.1. The molecule has 0 saturated carbocycles. The Bertz CT molecular complexity index is 1420. The van der Waals surface area contributed by atoms with Gasteiger partial charge in [-0.15, -0.1) is 0 Å². The zero-order valence-corrected chi connectivity index (χ0v) is 15.0. The second-order valence-corrected chi connectivity index (χ2v) is 6.46. The highest BCUT2D eigenvalue weighted by molar-refractivity contribution is 5.99. The summed E-state index contributed by atoms with van der Waals surface area (Å²) in [5, 5.41) is 12.7. The van der Waals surface area contributed by atoms with Crippen LogP contribution >= 0.6 is 0 Å². The average molecular weight is 427 g/mol. The fourth-order valence-electron chi connectivity index (χ4n) is 3.15. The third-order valence-corrected chi connectivity index (χ3v) is 4.62. The normalized spacial score (nSPS) is 30.7. The van der Waals surface area contributed by atoms with Gasteiger partial charge in [-0.25, -0.2) is 8.78 Å². The van der Waals surface area contributed by atoms with Crippen molar-refractivity contribution in [2.45, 2.75) is 38.6 Å². The molecule has 2 aliphatic heterocycles. The van der Waals surface area contributed by atoms with E-state index in [-0.39, 0.29) is 10.5 Å². The number of hydrogen-bond acceptors (Lipinski definition) is 5. The van der Waals surface area contributed by atoms with Gasteiger partial charge >= 0.3 is 0 Å². The summed E-state index contributed by atoms with van der Waals surface area (Å²) in [7, 11) is 0. The van der Waals surface area contributed by atoms with Crippen molar-refractivity contribution >= 4 is 11.8 Å². The van der Waals surface area contributed by atoms with E-state index < -0.39 is 91.0 Å². The van der Waals surface area contributed by atoms with Crippen LogP contribution in [0.25, 0.3) is 0 Å². The molecule has 158 valence electrons. The fourth-order valence-corrected chi connectivity index (χ4v) is 3.15. The van der Waals surface area contributed by atoms with Gasteiger partial charge in [-0.2, -0.15) is 0 Å². The lowest BCUT2D eigenvalue weighted by Gasteiger charge is -2.44. The van der Waals surface area contributed by atoms with E-state index in [0.29, 0.717) is 6.07 Å². The van der Waals surface area contributed by atoms with E-state index >= 15 is 0 Å². The molecule has 0 spiro atoms. The Morgan fingerprint density at radius 2 is 2.27 bits per heavy atom. The van der Waals surface area contributed by atoms with E-state index in [1.165, 1.54) is 0 Å². The van der Waals surface area contributed by atoms with Gasteiger partial charge in [-0.05, 0) is 19.3 Å². The molecular formula is C20H19F2N3O5. The fraction of sp³-hybridized carbons (Fsp3) is 0.350. The second kappa shape index (κ2) is 7.52. The second-order valence-electron chi connectivity index (χ2n) is 6.46. The highest BCUT2D eigenvalue weighted by atomic mass is 19.1. The van der Waals surface area contributed by atoms with E-state index in [2.05, 4.69) is 5.32 Å². The van der Waals surface area contributed by atoms with Gasteiger partial charge < -0.3 is 24.6 Å². The zero-order valence-electron chi connectivity index (χ0n) is 23.0. The standard InChI is InChI=1S/C20H19F2N3O5/c1-10-4-5-30-15-9-24-8-13(17(26)18(27)16(24)20(29)25(10)15)19(28)23-7-11-2-3-12(21)6-14(11)22/h2-3,6,8,10,15,27H,4-5,7,9H2,1H3,(H,23,28)/t10-,15+/m1/s1/i1D3,4D2,5D2,10D. The van der Waals surface area contributed by atoms with Crippen molar-refractivity contribution in [3.8, 4) is 5.75 Å². The minimum absolute atomic E-state index is 0.118. The smallest absolute Gasteiger partial charge is 0.276 e. The Morgan fingerprint density at radius 1 is 1.47 bits per heavy atom. The van der Waals surface area contributed by atoms with Gasteiger partial charge in [0, 0.05) is 37.2 Å². The molecule has 1 fully saturated rings. The topological polar surface area (TPSA) is 101 Å². The van der Waals surface area contributed by atoms with Gasteiger partial charge in [-0.1, -0.05) is 6.07 Å². The first-order valence-electron chi connectivity index (χ1n) is 12.5. The lowest BCUT2D eigenvalue weighted by molar-refractivity contribution is -0.112. The molecule has 0 bridgehead atoms. The number of pyridine rings is 1. The number of nitrogens with zero attached hydrogens (tertiary/aromatic N) is 2. The van der Waals surface area contributed by atoms with Crippen molar-refractivity contribution in [1.82, 2.24) is 14.8 Å². The Hall–Kier alpha value is -3.27. The number of rotatable bonds is 3. The molecular weight excluding hydrogens is 400 g/mol. The number of nitrogens with one attached hydrogen (secondary N) is 1. The molecule has 1 saturated heterocycles. The Labute approximate surface area is 180 Å². The largest absolute Gasteiger partial charge is 0.503 e. The van der Waals surface area contributed by atoms with Crippen molar-refractivity contribution in [3.63, 3.8) is 0 Å². The summed E-state index contributed by atoms with van der Waals surface area (Å²) in [4.78, 5) is 38.9. The van der Waals surface area contributed by atoms with E-state index in [1.807, 2.05) is 0 Å². The van der Waals surface area contributed by atoms with Crippen LogP contribution in [-0.2, 0) is 17.8 Å². The number of aromatic hydroxyl groups is 1. The number of hydrogen-bond donors (Lipinski definition) is 2. The highest BCUT2D eigenvalue weighted by Gasteiger charge is 2.41. The first kappa shape index (κ1) is 12.4. The number of amides is 2. The van der Waals surface area contributed by atoms with Crippen molar-refractivity contribution < 1.29 is 39.2 Å². The SMILES string of the molecule is [2H]C1([2H])O[C@H]2Cn3cc(C(=O)NCc4ccc(F)cc4F)c(=O)c(O)c3C(=O)N2[C@]([2H])(C([2H])([2H])[2H])C1([2H])[2H]. The third kappa shape index (κ3) is 3.32. The number of ether oxygens (including phenoxy) is 1. The number of benzene rings is 1. The molecule has 3 heterocycles. The predicted molar refractivity (Wildman–Crippen MR) is 99.9 cm³/mol. The Morgan fingerprint density at radius 3 is 3.00 bits per heavy atom. The first-order chi connectivity index (χ1) is 17.3. The summed E-state index contributed by atoms with van der Waals surface area (Å²) in [5.74, 6) is -5.81. The Kier molecular flexibility index (Phi) is 3.12. The van der Waals surface area contributed by atoms with E-state index in [1.54, 1.807) is 0 Å². The van der Waals surface area contributed by atoms with Crippen LogP contribution in [0.4, 0.5) is 8.78 Å². The molecule has 0 unspecified atom stereocenters. The predicted octanol–water partition coefficient (Wildman–Crippen LogP) is 1.35. The Balaban J connectivity index is 1.76. The van der Waals surface area contributed by atoms with Crippen LogP contribution in [-0.4, -0.2) is 45.2 Å². The van der Waals surface area contributed by atoms with Gasteiger partial charge in [0.1, 0.15) is 17.2 Å². The quantitative estimate of drug-likeness (QED) is 0.770. The summed E-state index contributed by atoms with van der Waals surface area (Å²) >= 11 is 0. The van der Waals surface area contributed by atoms with Crippen molar-refractivity contribution in [1.29, 1.82) is 0 Å². The monoisotopic (exact) mass is 427 g/mol. The molecule has 30 heavy (non-hydrogen) atoms. The first-order valence-corrected chi connectivity index (χ1v) is 8.55. The molecule has 0 radical (unpaired) electrons. The van der Waals surface area contributed by atoms with Crippen LogP contribution in [0.2, 0.25) is 0 Å². The summed E-state index contributed by atoms with van der Waals surface area (Å²) in [6.45, 7) is -8.17. The minimum atomic E-state index is -3.62. The molecule has 8 nitrogen and oxygen atoms in total. The molecule has 2 atom stereocenters. The molecule has 2 aromatic rings. The number of fused-ring (bicyclic) bond motifs is 2. The van der Waals surface area contributed by atoms with Gasteiger partial charge in [0.05, 0.1) is 17.2 Å². The van der Waals surface area contributed by atoms with Gasteiger partial charge in [0.25, 0.3) is 11.8 Å². The molecule has 2 aliphatic rings. The van der Waals surface area contributed by atoms with E-state index in [0.717, 1.165) is 22.9 Å². The molecule has 10 heteroatoms. The van der Waals surface area contributed by atoms with E-state index in [9.17, 15) is 28.3 Å². The number of carbonyl (C=O) groups is 2. The zero-order chi connectivity index (χ0) is 28.6. The summed E-state index contributed by atoms with van der Waals surface area (Å²) in [5.41, 5.74) is -3.13. The van der Waals surface area contributed by atoms with Crippen LogP contribution in [0.3, 0.4) is 0 Å². The van der Waals surface area contributed by atoms with Gasteiger partial charge in [0.2, 0.25) is 5.43 Å². The summed E-state index contributed by atoms with van der Waals surface area (Å²) in [6, 6.07) is -0.972. The van der Waals surface area contributed by atoms with Crippen LogP contribution in [0.1, 0.15) is 50.6 Å². The molecule has 1 aromatic carbocycles. The van der Waals surface area contributed by atoms with Crippen molar-refractivity contribution in [2.24, 2.45) is 0 Å². The summed E-state index contributed by atoms with van der Waals surface area (Å²) < 4.78 is 96.5. The van der Waals surface area contributed by atoms with Crippen molar-refractivity contribution in [2.75, 3.05) is 6.56 Å². The molecule has 4 rings (SSSR count). The minimum Gasteiger partial charge on any atom is -0.503 e. The number of carbonyl (C=O) groups excluding carboxylic acids is 2. The number of halogens is 2.